The fraction of sp³-hybridized carbons (Fsp3) is 0.714. The predicted octanol–water partition coefficient (Wildman–Crippen LogP) is 2.15. The van der Waals surface area contributed by atoms with Crippen LogP contribution in [0.4, 0.5) is 0 Å². The number of carbonyl (C=O) groups is 2. The molecule has 0 aromatic carbocycles. The zero-order valence-electron chi connectivity index (χ0n) is 10.2. The van der Waals surface area contributed by atoms with E-state index in [2.05, 4.69) is 0 Å². The molecule has 18 heavy (non-hydrogen) atoms. The van der Waals surface area contributed by atoms with Gasteiger partial charge in [0.1, 0.15) is 0 Å². The minimum Gasteiger partial charge on any atom is -0.502 e. The van der Waals surface area contributed by atoms with Gasteiger partial charge in [0, 0.05) is 12.0 Å². The van der Waals surface area contributed by atoms with E-state index in [1.807, 2.05) is 0 Å². The summed E-state index contributed by atoms with van der Waals surface area (Å²) < 4.78 is 0. The van der Waals surface area contributed by atoms with E-state index in [-0.39, 0.29) is 11.7 Å². The lowest BCUT2D eigenvalue weighted by Gasteiger charge is -2.53. The summed E-state index contributed by atoms with van der Waals surface area (Å²) in [5.41, 5.74) is 0. The second kappa shape index (κ2) is 4.11. The molecule has 4 aliphatic rings. The molecular formula is C14H18O4. The van der Waals surface area contributed by atoms with Crippen LogP contribution in [0.3, 0.4) is 0 Å². The van der Waals surface area contributed by atoms with Gasteiger partial charge >= 0.3 is 5.97 Å². The Kier molecular flexibility index (Phi) is 2.68. The number of carbonyl (C=O) groups excluding carboxylic acids is 1. The highest BCUT2D eigenvalue weighted by Gasteiger charge is 2.50. The summed E-state index contributed by atoms with van der Waals surface area (Å²) in [7, 11) is 0. The molecule has 0 atom stereocenters. The van der Waals surface area contributed by atoms with Crippen LogP contribution in [-0.4, -0.2) is 22.0 Å². The van der Waals surface area contributed by atoms with E-state index < -0.39 is 11.7 Å². The van der Waals surface area contributed by atoms with E-state index in [1.54, 1.807) is 0 Å². The molecule has 4 aliphatic carbocycles. The second-order valence-corrected chi connectivity index (χ2v) is 6.19. The Morgan fingerprint density at radius 3 is 1.83 bits per heavy atom. The molecule has 4 rings (SSSR count). The third-order valence-electron chi connectivity index (χ3n) is 5.05. The van der Waals surface area contributed by atoms with Crippen molar-refractivity contribution in [1.29, 1.82) is 0 Å². The number of hydrogen-bond donors (Lipinski definition) is 2. The molecule has 4 nitrogen and oxygen atoms in total. The molecule has 0 heterocycles. The number of carboxylic acids is 1. The molecule has 0 amide bonds. The largest absolute Gasteiger partial charge is 0.502 e. The van der Waals surface area contributed by atoms with Crippen molar-refractivity contribution in [2.45, 2.75) is 32.1 Å². The SMILES string of the molecule is O=C(O)/C(O)=C/C(=O)C1C2CC3CC(C2)CC1C3. The number of aliphatic carboxylic acids is 1. The highest BCUT2D eigenvalue weighted by atomic mass is 16.4. The molecule has 4 bridgehead atoms. The first-order valence-corrected chi connectivity index (χ1v) is 6.72. The third-order valence-corrected chi connectivity index (χ3v) is 5.05. The van der Waals surface area contributed by atoms with Gasteiger partial charge in [0.15, 0.2) is 5.78 Å². The van der Waals surface area contributed by atoms with Gasteiger partial charge in [-0.2, -0.15) is 0 Å². The predicted molar refractivity (Wildman–Crippen MR) is 63.9 cm³/mol. The van der Waals surface area contributed by atoms with Crippen molar-refractivity contribution in [3.8, 4) is 0 Å². The van der Waals surface area contributed by atoms with E-state index >= 15 is 0 Å². The number of ketones is 1. The summed E-state index contributed by atoms with van der Waals surface area (Å²) in [6, 6.07) is 0. The molecule has 4 saturated carbocycles. The number of allylic oxidation sites excluding steroid dienone is 1. The lowest BCUT2D eigenvalue weighted by molar-refractivity contribution is -0.137. The molecule has 2 N–H and O–H groups in total. The number of aliphatic hydroxyl groups is 1. The molecule has 98 valence electrons. The van der Waals surface area contributed by atoms with Gasteiger partial charge in [0.05, 0.1) is 0 Å². The lowest BCUT2D eigenvalue weighted by Crippen LogP contribution is -2.47. The van der Waals surface area contributed by atoms with Gasteiger partial charge in [0.25, 0.3) is 0 Å². The average molecular weight is 250 g/mol. The van der Waals surface area contributed by atoms with Crippen LogP contribution < -0.4 is 0 Å². The van der Waals surface area contributed by atoms with Crippen LogP contribution in [0.2, 0.25) is 0 Å². The van der Waals surface area contributed by atoms with Crippen molar-refractivity contribution in [2.24, 2.45) is 29.6 Å². The standard InChI is InChI=1S/C14H18O4/c15-11(6-12(16)14(17)18)13-9-2-7-1-8(4-9)5-10(13)3-7/h6-10,13,16H,1-5H2,(H,17,18)/b12-6-. The first kappa shape index (κ1) is 11.8. The van der Waals surface area contributed by atoms with Gasteiger partial charge in [-0.25, -0.2) is 4.79 Å². The molecule has 0 aliphatic heterocycles. The Morgan fingerprint density at radius 2 is 1.39 bits per heavy atom. The molecule has 0 saturated heterocycles. The maximum Gasteiger partial charge on any atom is 0.371 e. The van der Waals surface area contributed by atoms with Crippen molar-refractivity contribution >= 4 is 11.8 Å². The average Bonchev–Trinajstić information content (AvgIpc) is 2.26. The van der Waals surface area contributed by atoms with Gasteiger partial charge in [-0.05, 0) is 55.8 Å². The zero-order valence-corrected chi connectivity index (χ0v) is 10.2. The van der Waals surface area contributed by atoms with Gasteiger partial charge in [0.2, 0.25) is 5.76 Å². The fourth-order valence-corrected chi connectivity index (χ4v) is 4.68. The summed E-state index contributed by atoms with van der Waals surface area (Å²) in [6.45, 7) is 0. The van der Waals surface area contributed by atoms with Crippen LogP contribution in [0.1, 0.15) is 32.1 Å². The molecule has 0 unspecified atom stereocenters. The second-order valence-electron chi connectivity index (χ2n) is 6.19. The number of carboxylic acid groups (broad SMARTS) is 1. The maximum atomic E-state index is 12.1. The Bertz CT molecular complexity index is 396. The van der Waals surface area contributed by atoms with Crippen LogP contribution >= 0.6 is 0 Å². The summed E-state index contributed by atoms with van der Waals surface area (Å²) >= 11 is 0. The van der Waals surface area contributed by atoms with Crippen LogP contribution in [0.15, 0.2) is 11.8 Å². The van der Waals surface area contributed by atoms with Gasteiger partial charge in [-0.15, -0.1) is 0 Å². The molecule has 0 radical (unpaired) electrons. The topological polar surface area (TPSA) is 74.6 Å². The Hall–Kier alpha value is -1.32. The monoisotopic (exact) mass is 250 g/mol. The number of aliphatic hydroxyl groups excluding tert-OH is 1. The number of hydrogen-bond acceptors (Lipinski definition) is 3. The fourth-order valence-electron chi connectivity index (χ4n) is 4.68. The summed E-state index contributed by atoms with van der Waals surface area (Å²) in [5.74, 6) is -0.0515. The summed E-state index contributed by atoms with van der Waals surface area (Å²) in [4.78, 5) is 22.7. The van der Waals surface area contributed by atoms with Crippen molar-refractivity contribution in [2.75, 3.05) is 0 Å². The molecule has 0 spiro atoms. The highest BCUT2D eigenvalue weighted by Crippen LogP contribution is 2.56. The normalized spacial score (nSPS) is 42.0. The van der Waals surface area contributed by atoms with Crippen molar-refractivity contribution in [1.82, 2.24) is 0 Å². The lowest BCUT2D eigenvalue weighted by atomic mass is 9.51. The number of rotatable bonds is 3. The molecule has 4 fully saturated rings. The van der Waals surface area contributed by atoms with E-state index in [9.17, 15) is 14.7 Å². The molecular weight excluding hydrogens is 232 g/mol. The Balaban J connectivity index is 1.79. The van der Waals surface area contributed by atoms with Gasteiger partial charge in [-0.1, -0.05) is 0 Å². The van der Waals surface area contributed by atoms with Gasteiger partial charge < -0.3 is 10.2 Å². The molecule has 4 heteroatoms. The minimum atomic E-state index is -1.42. The van der Waals surface area contributed by atoms with Gasteiger partial charge in [-0.3, -0.25) is 4.79 Å². The van der Waals surface area contributed by atoms with Crippen LogP contribution in [0.25, 0.3) is 0 Å². The van der Waals surface area contributed by atoms with Crippen molar-refractivity contribution in [3.05, 3.63) is 11.8 Å². The van der Waals surface area contributed by atoms with Crippen molar-refractivity contribution < 1.29 is 19.8 Å². The third kappa shape index (κ3) is 1.84. The molecule has 0 aromatic heterocycles. The van der Waals surface area contributed by atoms with E-state index in [0.29, 0.717) is 11.8 Å². The maximum absolute atomic E-state index is 12.1. The first-order valence-electron chi connectivity index (χ1n) is 6.72. The minimum absolute atomic E-state index is 0.0423. The van der Waals surface area contributed by atoms with Crippen molar-refractivity contribution in [3.63, 3.8) is 0 Å². The smallest absolute Gasteiger partial charge is 0.371 e. The highest BCUT2D eigenvalue weighted by molar-refractivity contribution is 5.98. The summed E-state index contributed by atoms with van der Waals surface area (Å²) in [6.07, 6.45) is 6.71. The van der Waals surface area contributed by atoms with E-state index in [0.717, 1.165) is 43.6 Å². The van der Waals surface area contributed by atoms with E-state index in [4.69, 9.17) is 5.11 Å². The Labute approximate surface area is 106 Å². The summed E-state index contributed by atoms with van der Waals surface area (Å²) in [5, 5.41) is 17.8. The van der Waals surface area contributed by atoms with E-state index in [1.165, 1.54) is 6.42 Å². The van der Waals surface area contributed by atoms with Crippen LogP contribution in [0, 0.1) is 29.6 Å². The quantitative estimate of drug-likeness (QED) is 0.594. The zero-order chi connectivity index (χ0) is 12.9. The van der Waals surface area contributed by atoms with Crippen LogP contribution in [0.5, 0.6) is 0 Å². The Morgan fingerprint density at radius 1 is 0.889 bits per heavy atom. The van der Waals surface area contributed by atoms with Crippen LogP contribution in [-0.2, 0) is 9.59 Å². The molecule has 0 aromatic rings. The first-order chi connectivity index (χ1) is 8.54.